The van der Waals surface area contributed by atoms with E-state index in [1.807, 2.05) is 30.3 Å². The number of nitrogens with zero attached hydrogens (tertiary/aromatic N) is 2. The van der Waals surface area contributed by atoms with Crippen LogP contribution in [-0.4, -0.2) is 23.3 Å². The molecule has 0 fully saturated rings. The zero-order valence-electron chi connectivity index (χ0n) is 21.8. The first-order chi connectivity index (χ1) is 20.1. The zero-order valence-corrected chi connectivity index (χ0v) is 25.0. The van der Waals surface area contributed by atoms with E-state index in [0.29, 0.717) is 27.4 Å². The molecule has 1 aromatic heterocycles. The highest BCUT2D eigenvalue weighted by Crippen LogP contribution is 2.38. The van der Waals surface area contributed by atoms with Crippen molar-refractivity contribution >= 4 is 50.9 Å². The fourth-order valence-corrected chi connectivity index (χ4v) is 6.05. The number of rotatable bonds is 7. The van der Waals surface area contributed by atoms with Crippen LogP contribution in [0.5, 0.6) is 5.75 Å². The van der Waals surface area contributed by atoms with Crippen molar-refractivity contribution in [2.24, 2.45) is 4.99 Å². The predicted molar refractivity (Wildman–Crippen MR) is 157 cm³/mol. The third kappa shape index (κ3) is 6.23. The molecule has 0 amide bonds. The van der Waals surface area contributed by atoms with Crippen molar-refractivity contribution in [3.8, 4) is 5.75 Å². The van der Waals surface area contributed by atoms with Gasteiger partial charge in [-0.05, 0) is 69.9 Å². The maximum absolute atomic E-state index is 14.3. The van der Waals surface area contributed by atoms with E-state index in [0.717, 1.165) is 21.5 Å². The molecule has 3 aromatic carbocycles. The summed E-state index contributed by atoms with van der Waals surface area (Å²) >= 11 is 10.3. The minimum absolute atomic E-state index is 0.129. The number of esters is 1. The summed E-state index contributed by atoms with van der Waals surface area (Å²) in [4.78, 5) is 30.2. The summed E-state index contributed by atoms with van der Waals surface area (Å²) in [5.74, 6) is -0.632. The highest BCUT2D eigenvalue weighted by Gasteiger charge is 2.45. The molecule has 0 spiro atoms. The average Bonchev–Trinajstić information content (AvgIpc) is 3.27. The van der Waals surface area contributed by atoms with E-state index >= 15 is 0 Å². The second-order valence-corrected chi connectivity index (χ2v) is 11.4. The van der Waals surface area contributed by atoms with E-state index in [1.54, 1.807) is 24.3 Å². The molecule has 216 valence electrons. The van der Waals surface area contributed by atoms with Crippen LogP contribution in [0.3, 0.4) is 0 Å². The monoisotopic (exact) mass is 676 g/mol. The lowest BCUT2D eigenvalue weighted by atomic mass is 9.95. The maximum Gasteiger partial charge on any atom is 0.434 e. The Morgan fingerprint density at radius 3 is 2.48 bits per heavy atom. The first-order valence-electron chi connectivity index (χ1n) is 12.6. The van der Waals surface area contributed by atoms with E-state index in [4.69, 9.17) is 21.1 Å². The minimum Gasteiger partial charge on any atom is -0.488 e. The van der Waals surface area contributed by atoms with Crippen molar-refractivity contribution in [1.29, 1.82) is 0 Å². The number of hydrogen-bond donors (Lipinski definition) is 0. The molecular weight excluding hydrogens is 657 g/mol. The van der Waals surface area contributed by atoms with Crippen LogP contribution in [0.1, 0.15) is 29.7 Å². The number of thiazole rings is 1. The topological polar surface area (TPSA) is 69.9 Å². The van der Waals surface area contributed by atoms with Gasteiger partial charge in [-0.2, -0.15) is 13.2 Å². The summed E-state index contributed by atoms with van der Waals surface area (Å²) in [5.41, 5.74) is -0.950. The zero-order chi connectivity index (χ0) is 30.0. The van der Waals surface area contributed by atoms with Crippen molar-refractivity contribution in [3.05, 3.63) is 130 Å². The highest BCUT2D eigenvalue weighted by atomic mass is 79.9. The molecule has 12 heteroatoms. The number of alkyl halides is 3. The summed E-state index contributed by atoms with van der Waals surface area (Å²) in [5, 5.41) is 0.339. The van der Waals surface area contributed by atoms with E-state index in [9.17, 15) is 22.8 Å². The van der Waals surface area contributed by atoms with Crippen LogP contribution in [0, 0.1) is 0 Å². The summed E-state index contributed by atoms with van der Waals surface area (Å²) in [7, 11) is 0. The largest absolute Gasteiger partial charge is 0.488 e. The lowest BCUT2D eigenvalue weighted by Crippen LogP contribution is -2.41. The van der Waals surface area contributed by atoms with Crippen LogP contribution in [-0.2, 0) is 16.1 Å². The number of allylic oxidation sites excluding steroid dienone is 1. The van der Waals surface area contributed by atoms with Gasteiger partial charge >= 0.3 is 12.1 Å². The second kappa shape index (κ2) is 12.3. The maximum atomic E-state index is 14.3. The third-order valence-corrected chi connectivity index (χ3v) is 8.13. The van der Waals surface area contributed by atoms with Crippen LogP contribution in [0.2, 0.25) is 5.02 Å². The van der Waals surface area contributed by atoms with Crippen LogP contribution in [0.4, 0.5) is 13.2 Å². The molecule has 0 saturated carbocycles. The van der Waals surface area contributed by atoms with Gasteiger partial charge in [0.05, 0.1) is 27.2 Å². The highest BCUT2D eigenvalue weighted by molar-refractivity contribution is 9.10. The van der Waals surface area contributed by atoms with E-state index < -0.39 is 35.0 Å². The summed E-state index contributed by atoms with van der Waals surface area (Å²) in [6.45, 7) is 1.67. The number of halogens is 5. The van der Waals surface area contributed by atoms with Crippen LogP contribution in [0.15, 0.2) is 98.3 Å². The van der Waals surface area contributed by atoms with Gasteiger partial charge in [0.15, 0.2) is 10.5 Å². The number of hydrogen-bond acceptors (Lipinski definition) is 6. The Hall–Kier alpha value is -3.67. The Balaban J connectivity index is 1.61. The van der Waals surface area contributed by atoms with E-state index in [-0.39, 0.29) is 21.5 Å². The molecule has 4 aromatic rings. The average molecular weight is 678 g/mol. The predicted octanol–water partition coefficient (Wildman–Crippen LogP) is 6.34. The smallest absolute Gasteiger partial charge is 0.434 e. The lowest BCUT2D eigenvalue weighted by Gasteiger charge is -2.26. The molecule has 5 rings (SSSR count). The SMILES string of the molecule is CCOC(=O)C1=C(C(F)(F)F)N=c2s/c(=C\c3ccc(OCc4ccccc4)c(Br)c3)c(=O)n2[C@@H]1c1ccc(Cl)cc1. The number of carbonyl (C=O) groups is 1. The summed E-state index contributed by atoms with van der Waals surface area (Å²) in [6.07, 6.45) is -3.43. The molecular formula is C30H21BrClF3N2O4S. The summed E-state index contributed by atoms with van der Waals surface area (Å²) in [6, 6.07) is 19.3. The Morgan fingerprint density at radius 2 is 1.83 bits per heavy atom. The molecule has 0 saturated heterocycles. The minimum atomic E-state index is -4.98. The molecule has 2 heterocycles. The molecule has 0 radical (unpaired) electrons. The van der Waals surface area contributed by atoms with Crippen LogP contribution < -0.4 is 19.6 Å². The Morgan fingerprint density at radius 1 is 1.12 bits per heavy atom. The molecule has 6 nitrogen and oxygen atoms in total. The van der Waals surface area contributed by atoms with Gasteiger partial charge in [0.2, 0.25) is 0 Å². The van der Waals surface area contributed by atoms with Crippen molar-refractivity contribution in [1.82, 2.24) is 4.57 Å². The van der Waals surface area contributed by atoms with Crippen LogP contribution in [0.25, 0.3) is 6.08 Å². The number of benzene rings is 3. The molecule has 0 aliphatic carbocycles. The van der Waals surface area contributed by atoms with Gasteiger partial charge in [-0.15, -0.1) is 0 Å². The van der Waals surface area contributed by atoms with Gasteiger partial charge in [-0.25, -0.2) is 9.79 Å². The van der Waals surface area contributed by atoms with E-state index in [1.165, 1.54) is 31.2 Å². The van der Waals surface area contributed by atoms with Crippen molar-refractivity contribution in [2.75, 3.05) is 6.61 Å². The van der Waals surface area contributed by atoms with Gasteiger partial charge in [-0.3, -0.25) is 9.36 Å². The number of carbonyl (C=O) groups excluding carboxylic acids is 1. The Bertz CT molecular complexity index is 1850. The molecule has 0 unspecified atom stereocenters. The summed E-state index contributed by atoms with van der Waals surface area (Å²) < 4.78 is 55.5. The quantitative estimate of drug-likeness (QED) is 0.214. The molecule has 1 atom stereocenters. The molecule has 42 heavy (non-hydrogen) atoms. The molecule has 0 bridgehead atoms. The third-order valence-electron chi connectivity index (χ3n) is 6.27. The number of ether oxygens (including phenoxy) is 2. The first-order valence-corrected chi connectivity index (χ1v) is 14.6. The molecule has 0 N–H and O–H groups in total. The van der Waals surface area contributed by atoms with Crippen molar-refractivity contribution < 1.29 is 27.4 Å². The fraction of sp³-hybridized carbons (Fsp3) is 0.167. The lowest BCUT2D eigenvalue weighted by molar-refractivity contribution is -0.140. The molecule has 1 aliphatic heterocycles. The van der Waals surface area contributed by atoms with Crippen LogP contribution >= 0.6 is 38.9 Å². The second-order valence-electron chi connectivity index (χ2n) is 9.08. The molecule has 1 aliphatic rings. The van der Waals surface area contributed by atoms with Gasteiger partial charge in [0, 0.05) is 5.02 Å². The van der Waals surface area contributed by atoms with Gasteiger partial charge in [0.25, 0.3) is 5.56 Å². The fourth-order valence-electron chi connectivity index (χ4n) is 4.41. The van der Waals surface area contributed by atoms with Gasteiger partial charge in [0.1, 0.15) is 12.4 Å². The number of fused-ring (bicyclic) bond motifs is 1. The first kappa shape index (κ1) is 29.8. The van der Waals surface area contributed by atoms with Gasteiger partial charge < -0.3 is 9.47 Å². The Labute approximate surface area is 255 Å². The van der Waals surface area contributed by atoms with Crippen molar-refractivity contribution in [3.63, 3.8) is 0 Å². The Kier molecular flexibility index (Phi) is 8.72. The van der Waals surface area contributed by atoms with E-state index in [2.05, 4.69) is 20.9 Å². The van der Waals surface area contributed by atoms with Gasteiger partial charge in [-0.1, -0.05) is 71.5 Å². The van der Waals surface area contributed by atoms with Crippen molar-refractivity contribution in [2.45, 2.75) is 25.7 Å². The number of aromatic nitrogens is 1. The normalized spacial score (nSPS) is 15.3. The standard InChI is InChI=1S/C30H21BrClF3N2O4S/c1-2-40-28(39)24-25(19-9-11-20(32)12-10-19)37-27(38)23(42-29(37)36-26(24)30(33,34)35)15-18-8-13-22(21(31)14-18)41-16-17-6-4-3-5-7-17/h3-15,25H,2,16H2,1H3/b23-15-/t25-/m1/s1.